The van der Waals surface area contributed by atoms with E-state index < -0.39 is 5.54 Å². The van der Waals surface area contributed by atoms with Gasteiger partial charge < -0.3 is 11.1 Å². The molecule has 14 heavy (non-hydrogen) atoms. The number of nitrogens with one attached hydrogen (secondary N) is 1. The minimum Gasteiger partial charge on any atom is -0.345 e. The molecule has 3 nitrogen and oxygen atoms in total. The summed E-state index contributed by atoms with van der Waals surface area (Å²) < 4.78 is 0.990. The lowest BCUT2D eigenvalue weighted by atomic mass is 10.1. The summed E-state index contributed by atoms with van der Waals surface area (Å²) in [7, 11) is 0. The van der Waals surface area contributed by atoms with Crippen molar-refractivity contribution in [2.75, 3.05) is 5.32 Å². The van der Waals surface area contributed by atoms with Gasteiger partial charge in [0.2, 0.25) is 0 Å². The molecule has 0 fully saturated rings. The van der Waals surface area contributed by atoms with Crippen LogP contribution in [0.4, 0.5) is 5.69 Å². The molecule has 4 heteroatoms. The molecule has 0 aromatic heterocycles. The van der Waals surface area contributed by atoms with E-state index in [9.17, 15) is 4.79 Å². The van der Waals surface area contributed by atoms with E-state index in [0.29, 0.717) is 0 Å². The Kier molecular flexibility index (Phi) is 3.29. The lowest BCUT2D eigenvalue weighted by Gasteiger charge is -2.14. The molecule has 1 aromatic rings. The monoisotopic (exact) mass is 257 g/mol. The van der Waals surface area contributed by atoms with E-state index >= 15 is 0 Å². The second kappa shape index (κ2) is 4.11. The molecule has 1 rings (SSSR count). The Balaban J connectivity index is 2.71. The largest absolute Gasteiger partial charge is 0.345 e. The first-order valence-electron chi connectivity index (χ1n) is 4.32. The molecule has 0 heterocycles. The fourth-order valence-corrected chi connectivity index (χ4v) is 1.10. The minimum absolute atomic E-state index is 0.0835. The van der Waals surface area contributed by atoms with E-state index in [1.807, 2.05) is 24.3 Å². The number of quaternary nitrogens is 1. The first kappa shape index (κ1) is 11.2. The third-order valence-electron chi connectivity index (χ3n) is 1.72. The average molecular weight is 258 g/mol. The molecule has 0 spiro atoms. The van der Waals surface area contributed by atoms with Gasteiger partial charge >= 0.3 is 0 Å². The van der Waals surface area contributed by atoms with E-state index in [1.54, 1.807) is 13.8 Å². The van der Waals surface area contributed by atoms with Gasteiger partial charge in [0.1, 0.15) is 0 Å². The second-order valence-electron chi connectivity index (χ2n) is 3.84. The molecule has 0 radical (unpaired) electrons. The van der Waals surface area contributed by atoms with Gasteiger partial charge in [-0.25, -0.2) is 0 Å². The van der Waals surface area contributed by atoms with Crippen molar-refractivity contribution in [3.63, 3.8) is 0 Å². The summed E-state index contributed by atoms with van der Waals surface area (Å²) in [5, 5.41) is 2.79. The van der Waals surface area contributed by atoms with Crippen LogP contribution >= 0.6 is 15.9 Å². The van der Waals surface area contributed by atoms with Crippen LogP contribution in [0, 0.1) is 0 Å². The summed E-state index contributed by atoms with van der Waals surface area (Å²) in [5.41, 5.74) is 3.95. The Hall–Kier alpha value is -0.870. The van der Waals surface area contributed by atoms with Crippen LogP contribution < -0.4 is 11.1 Å². The topological polar surface area (TPSA) is 56.7 Å². The molecular formula is C10H14BrN2O+. The Morgan fingerprint density at radius 1 is 1.36 bits per heavy atom. The predicted molar refractivity (Wildman–Crippen MR) is 59.7 cm³/mol. The number of halogens is 1. The van der Waals surface area contributed by atoms with Crippen LogP contribution in [0.3, 0.4) is 0 Å². The highest BCUT2D eigenvalue weighted by atomic mass is 79.9. The lowest BCUT2D eigenvalue weighted by molar-refractivity contribution is -0.444. The lowest BCUT2D eigenvalue weighted by Crippen LogP contribution is -2.74. The highest BCUT2D eigenvalue weighted by Crippen LogP contribution is 2.14. The molecule has 4 N–H and O–H groups in total. The molecule has 0 saturated heterocycles. The van der Waals surface area contributed by atoms with Gasteiger partial charge in [0.05, 0.1) is 0 Å². The second-order valence-corrected chi connectivity index (χ2v) is 4.76. The molecule has 1 amide bonds. The predicted octanol–water partition coefficient (Wildman–Crippen LogP) is 1.41. The first-order chi connectivity index (χ1) is 6.39. The fourth-order valence-electron chi connectivity index (χ4n) is 0.834. The van der Waals surface area contributed by atoms with Crippen molar-refractivity contribution in [1.82, 2.24) is 0 Å². The van der Waals surface area contributed by atoms with Gasteiger partial charge in [0.25, 0.3) is 5.91 Å². The SMILES string of the molecule is CC(C)([NH3+])C(=O)Nc1ccc(Br)cc1. The fraction of sp³-hybridized carbons (Fsp3) is 0.300. The van der Waals surface area contributed by atoms with Crippen molar-refractivity contribution >= 4 is 27.5 Å². The van der Waals surface area contributed by atoms with Crippen LogP contribution in [0.25, 0.3) is 0 Å². The highest BCUT2D eigenvalue weighted by molar-refractivity contribution is 9.10. The zero-order chi connectivity index (χ0) is 10.8. The van der Waals surface area contributed by atoms with Gasteiger partial charge in [-0.15, -0.1) is 0 Å². The molecule has 76 valence electrons. The number of rotatable bonds is 2. The maximum atomic E-state index is 11.5. The van der Waals surface area contributed by atoms with Crippen LogP contribution in [-0.2, 0) is 4.79 Å². The third-order valence-corrected chi connectivity index (χ3v) is 2.25. The smallest absolute Gasteiger partial charge is 0.285 e. The maximum Gasteiger partial charge on any atom is 0.285 e. The van der Waals surface area contributed by atoms with Gasteiger partial charge in [0.15, 0.2) is 5.54 Å². The number of hydrogen-bond acceptors (Lipinski definition) is 1. The number of benzene rings is 1. The number of hydrogen-bond donors (Lipinski definition) is 2. The van der Waals surface area contributed by atoms with Gasteiger partial charge in [-0.2, -0.15) is 0 Å². The number of amides is 1. The maximum absolute atomic E-state index is 11.5. The minimum atomic E-state index is -0.604. The molecule has 0 aliphatic carbocycles. The molecule has 0 saturated carbocycles. The van der Waals surface area contributed by atoms with Crippen molar-refractivity contribution in [1.29, 1.82) is 0 Å². The highest BCUT2D eigenvalue weighted by Gasteiger charge is 2.25. The Morgan fingerprint density at radius 2 is 1.86 bits per heavy atom. The third kappa shape index (κ3) is 3.12. The van der Waals surface area contributed by atoms with Crippen molar-refractivity contribution < 1.29 is 10.5 Å². The van der Waals surface area contributed by atoms with Crippen LogP contribution in [-0.4, -0.2) is 11.4 Å². The molecule has 1 aromatic carbocycles. The Morgan fingerprint density at radius 3 is 2.29 bits per heavy atom. The van der Waals surface area contributed by atoms with Gasteiger partial charge in [-0.1, -0.05) is 15.9 Å². The molecule has 0 aliphatic heterocycles. The van der Waals surface area contributed by atoms with Crippen LogP contribution in [0.1, 0.15) is 13.8 Å². The normalized spacial score (nSPS) is 11.1. The van der Waals surface area contributed by atoms with E-state index in [2.05, 4.69) is 27.0 Å². The molecule has 0 atom stereocenters. The van der Waals surface area contributed by atoms with Crippen molar-refractivity contribution in [3.8, 4) is 0 Å². The van der Waals surface area contributed by atoms with Gasteiger partial charge in [0, 0.05) is 10.2 Å². The van der Waals surface area contributed by atoms with E-state index in [4.69, 9.17) is 0 Å². The Bertz CT molecular complexity index is 327. The summed E-state index contributed by atoms with van der Waals surface area (Å²) in [5.74, 6) is -0.0835. The first-order valence-corrected chi connectivity index (χ1v) is 5.11. The quantitative estimate of drug-likeness (QED) is 0.827. The van der Waals surface area contributed by atoms with E-state index in [1.165, 1.54) is 0 Å². The van der Waals surface area contributed by atoms with Crippen molar-refractivity contribution in [3.05, 3.63) is 28.7 Å². The van der Waals surface area contributed by atoms with Crippen LogP contribution in [0.2, 0.25) is 0 Å². The standard InChI is InChI=1S/C10H13BrN2O/c1-10(2,12)9(14)13-8-5-3-7(11)4-6-8/h3-6H,12H2,1-2H3,(H,13,14)/p+1. The zero-order valence-corrected chi connectivity index (χ0v) is 9.89. The summed E-state index contributed by atoms with van der Waals surface area (Å²) in [6, 6.07) is 7.44. The summed E-state index contributed by atoms with van der Waals surface area (Å²) in [4.78, 5) is 11.5. The van der Waals surface area contributed by atoms with Crippen LogP contribution in [0.15, 0.2) is 28.7 Å². The van der Waals surface area contributed by atoms with Gasteiger partial charge in [-0.3, -0.25) is 4.79 Å². The summed E-state index contributed by atoms with van der Waals surface area (Å²) in [6.45, 7) is 3.56. The van der Waals surface area contributed by atoms with Gasteiger partial charge in [-0.05, 0) is 38.1 Å². The van der Waals surface area contributed by atoms with Crippen LogP contribution in [0.5, 0.6) is 0 Å². The zero-order valence-electron chi connectivity index (χ0n) is 8.30. The number of carbonyl (C=O) groups excluding carboxylic acids is 1. The average Bonchev–Trinajstić information content (AvgIpc) is 2.07. The summed E-state index contributed by atoms with van der Waals surface area (Å²) >= 11 is 3.33. The van der Waals surface area contributed by atoms with E-state index in [-0.39, 0.29) is 5.91 Å². The van der Waals surface area contributed by atoms with Crippen molar-refractivity contribution in [2.45, 2.75) is 19.4 Å². The number of carbonyl (C=O) groups is 1. The molecule has 0 unspecified atom stereocenters. The number of anilines is 1. The molecule has 0 bridgehead atoms. The molecule has 0 aliphatic rings. The van der Waals surface area contributed by atoms with E-state index in [0.717, 1.165) is 10.2 Å². The van der Waals surface area contributed by atoms with Crippen molar-refractivity contribution in [2.24, 2.45) is 0 Å². The molecular weight excluding hydrogens is 244 g/mol. The Labute approximate surface area is 91.8 Å². The summed E-state index contributed by atoms with van der Waals surface area (Å²) in [6.07, 6.45) is 0.